The van der Waals surface area contributed by atoms with Crippen LogP contribution in [0.3, 0.4) is 0 Å². The highest BCUT2D eigenvalue weighted by Crippen LogP contribution is 2.32. The van der Waals surface area contributed by atoms with Gasteiger partial charge < -0.3 is 5.73 Å². The highest BCUT2D eigenvalue weighted by molar-refractivity contribution is 7.80. The Morgan fingerprint density at radius 3 is 2.83 bits per heavy atom. The maximum atomic E-state index is 12.1. The fourth-order valence-electron chi connectivity index (χ4n) is 2.59. The fourth-order valence-corrected chi connectivity index (χ4v) is 3.09. The second-order valence-corrected chi connectivity index (χ2v) is 6.33. The van der Waals surface area contributed by atoms with Crippen molar-refractivity contribution in [3.63, 3.8) is 0 Å². The fraction of sp³-hybridized carbons (Fsp3) is 0.462. The Morgan fingerprint density at radius 2 is 2.22 bits per heavy atom. The molecule has 0 radical (unpaired) electrons. The standard InChI is InChI=1S/C13H18N4O5S/c1-7-8(12(18)17-13(14)15)6-9-10(16-7)4-2-3-5-11(9)22-23(19,20)21/h6,11H,2-5H2,1H3,(H,19,20,21)(H4,14,15,17,18). The van der Waals surface area contributed by atoms with Gasteiger partial charge in [0.15, 0.2) is 5.96 Å². The van der Waals surface area contributed by atoms with Crippen molar-refractivity contribution in [1.82, 2.24) is 10.3 Å². The van der Waals surface area contributed by atoms with Crippen molar-refractivity contribution in [3.05, 3.63) is 28.6 Å². The molecule has 1 unspecified atom stereocenters. The van der Waals surface area contributed by atoms with Gasteiger partial charge in [0.2, 0.25) is 0 Å². The van der Waals surface area contributed by atoms with Crippen LogP contribution in [0.4, 0.5) is 0 Å². The van der Waals surface area contributed by atoms with Crippen molar-refractivity contribution in [3.8, 4) is 0 Å². The first-order valence-corrected chi connectivity index (χ1v) is 8.35. The Bertz CT molecular complexity index is 747. The van der Waals surface area contributed by atoms with E-state index in [9.17, 15) is 13.2 Å². The van der Waals surface area contributed by atoms with Crippen molar-refractivity contribution in [2.45, 2.75) is 38.7 Å². The lowest BCUT2D eigenvalue weighted by Gasteiger charge is -2.17. The largest absolute Gasteiger partial charge is 0.397 e. The van der Waals surface area contributed by atoms with Gasteiger partial charge in [0.25, 0.3) is 5.91 Å². The number of carbonyl (C=O) groups is 1. The van der Waals surface area contributed by atoms with Crippen LogP contribution in [-0.2, 0) is 21.0 Å². The summed E-state index contributed by atoms with van der Waals surface area (Å²) in [7, 11) is -4.63. The minimum atomic E-state index is -4.63. The third kappa shape index (κ3) is 4.47. The van der Waals surface area contributed by atoms with Crippen molar-refractivity contribution in [1.29, 1.82) is 5.41 Å². The topological polar surface area (TPSA) is 155 Å². The average molecular weight is 342 g/mol. The highest BCUT2D eigenvalue weighted by atomic mass is 32.3. The molecule has 126 valence electrons. The van der Waals surface area contributed by atoms with Gasteiger partial charge in [-0.3, -0.25) is 25.1 Å². The van der Waals surface area contributed by atoms with Crippen molar-refractivity contribution < 1.29 is 21.9 Å². The van der Waals surface area contributed by atoms with E-state index in [1.54, 1.807) is 6.92 Å². The number of hydrogen-bond donors (Lipinski definition) is 4. The Kier molecular flexibility index (Phi) is 4.97. The number of guanidine groups is 1. The Balaban J connectivity index is 2.47. The molecule has 23 heavy (non-hydrogen) atoms. The predicted molar refractivity (Wildman–Crippen MR) is 81.3 cm³/mol. The minimum absolute atomic E-state index is 0.171. The van der Waals surface area contributed by atoms with E-state index in [4.69, 9.17) is 19.9 Å². The summed E-state index contributed by atoms with van der Waals surface area (Å²) >= 11 is 0. The lowest BCUT2D eigenvalue weighted by Crippen LogP contribution is -2.36. The summed E-state index contributed by atoms with van der Waals surface area (Å²) in [4.78, 5) is 16.4. The van der Waals surface area contributed by atoms with E-state index in [2.05, 4.69) is 10.3 Å². The lowest BCUT2D eigenvalue weighted by molar-refractivity contribution is 0.0975. The zero-order valence-electron chi connectivity index (χ0n) is 12.5. The molecule has 0 aromatic carbocycles. The number of fused-ring (bicyclic) bond motifs is 1. The molecule has 0 fully saturated rings. The van der Waals surface area contributed by atoms with Gasteiger partial charge >= 0.3 is 10.4 Å². The number of nitrogens with two attached hydrogens (primary N) is 1. The molecular formula is C13H18N4O5S. The first-order valence-electron chi connectivity index (χ1n) is 6.99. The molecule has 0 bridgehead atoms. The molecule has 1 atom stereocenters. The number of carbonyl (C=O) groups excluding carboxylic acids is 1. The molecular weight excluding hydrogens is 324 g/mol. The van der Waals surface area contributed by atoms with Crippen LogP contribution >= 0.6 is 0 Å². The molecule has 0 saturated carbocycles. The maximum Gasteiger partial charge on any atom is 0.397 e. The third-order valence-corrected chi connectivity index (χ3v) is 4.01. The van der Waals surface area contributed by atoms with Crippen LogP contribution in [0, 0.1) is 12.3 Å². The van der Waals surface area contributed by atoms with Gasteiger partial charge in [-0.25, -0.2) is 4.18 Å². The van der Waals surface area contributed by atoms with Crippen LogP contribution in [0.2, 0.25) is 0 Å². The molecule has 0 saturated heterocycles. The zero-order valence-corrected chi connectivity index (χ0v) is 13.3. The molecule has 1 heterocycles. The van der Waals surface area contributed by atoms with E-state index in [1.165, 1.54) is 6.07 Å². The Labute approximate surface area is 133 Å². The van der Waals surface area contributed by atoms with Gasteiger partial charge in [-0.2, -0.15) is 8.42 Å². The summed E-state index contributed by atoms with van der Waals surface area (Å²) in [6, 6.07) is 1.48. The number of aryl methyl sites for hydroxylation is 2. The number of rotatable bonds is 3. The molecule has 2 rings (SSSR count). The smallest absolute Gasteiger partial charge is 0.370 e. The molecule has 1 aromatic rings. The summed E-state index contributed by atoms with van der Waals surface area (Å²) in [5.41, 5.74) is 6.84. The average Bonchev–Trinajstić information content (AvgIpc) is 2.57. The number of nitrogens with zero attached hydrogens (tertiary/aromatic N) is 1. The van der Waals surface area contributed by atoms with E-state index < -0.39 is 28.4 Å². The molecule has 10 heteroatoms. The van der Waals surface area contributed by atoms with Crippen molar-refractivity contribution in [2.24, 2.45) is 5.73 Å². The van der Waals surface area contributed by atoms with Crippen LogP contribution in [0.25, 0.3) is 0 Å². The van der Waals surface area contributed by atoms with E-state index in [1.807, 2.05) is 0 Å². The highest BCUT2D eigenvalue weighted by Gasteiger charge is 2.27. The first kappa shape index (κ1) is 17.3. The molecule has 9 nitrogen and oxygen atoms in total. The van der Waals surface area contributed by atoms with Gasteiger partial charge in [0.1, 0.15) is 6.10 Å². The minimum Gasteiger partial charge on any atom is -0.370 e. The maximum absolute atomic E-state index is 12.1. The van der Waals surface area contributed by atoms with Crippen LogP contribution in [0.1, 0.15) is 52.7 Å². The number of pyridine rings is 1. The molecule has 0 aliphatic heterocycles. The van der Waals surface area contributed by atoms with Crippen molar-refractivity contribution in [2.75, 3.05) is 0 Å². The van der Waals surface area contributed by atoms with E-state index in [0.29, 0.717) is 36.2 Å². The Hall–Kier alpha value is -2.04. The van der Waals surface area contributed by atoms with Gasteiger partial charge in [-0.15, -0.1) is 0 Å². The summed E-state index contributed by atoms with van der Waals surface area (Å²) < 4.78 is 35.8. The number of nitrogens with one attached hydrogen (secondary N) is 2. The molecule has 1 amide bonds. The van der Waals surface area contributed by atoms with E-state index in [0.717, 1.165) is 6.42 Å². The summed E-state index contributed by atoms with van der Waals surface area (Å²) in [6.45, 7) is 1.64. The quantitative estimate of drug-likeness (QED) is 0.271. The van der Waals surface area contributed by atoms with Crippen LogP contribution in [0.15, 0.2) is 6.07 Å². The lowest BCUT2D eigenvalue weighted by atomic mass is 10.0. The van der Waals surface area contributed by atoms with Crippen LogP contribution in [-0.4, -0.2) is 29.8 Å². The SMILES string of the molecule is Cc1nc2c(cc1C(=O)NC(=N)N)C(OS(=O)(=O)O)CCCC2. The first-order chi connectivity index (χ1) is 10.7. The van der Waals surface area contributed by atoms with Crippen LogP contribution < -0.4 is 11.1 Å². The molecule has 1 aliphatic rings. The summed E-state index contributed by atoms with van der Waals surface area (Å²) in [5.74, 6) is -1.12. The molecule has 0 spiro atoms. The van der Waals surface area contributed by atoms with Gasteiger partial charge in [-0.1, -0.05) is 6.42 Å². The van der Waals surface area contributed by atoms with Crippen LogP contribution in [0.5, 0.6) is 0 Å². The second kappa shape index (κ2) is 6.60. The third-order valence-electron chi connectivity index (χ3n) is 3.53. The second-order valence-electron chi connectivity index (χ2n) is 5.28. The number of amides is 1. The number of aromatic nitrogens is 1. The molecule has 1 aliphatic carbocycles. The summed E-state index contributed by atoms with van der Waals surface area (Å²) in [6.07, 6.45) is 1.59. The molecule has 5 N–H and O–H groups in total. The number of hydrogen-bond acceptors (Lipinski definition) is 6. The summed E-state index contributed by atoms with van der Waals surface area (Å²) in [5, 5.41) is 9.27. The van der Waals surface area contributed by atoms with Gasteiger partial charge in [0, 0.05) is 11.3 Å². The van der Waals surface area contributed by atoms with E-state index >= 15 is 0 Å². The van der Waals surface area contributed by atoms with Gasteiger partial charge in [-0.05, 0) is 32.3 Å². The predicted octanol–water partition coefficient (Wildman–Crippen LogP) is 0.600. The Morgan fingerprint density at radius 1 is 1.52 bits per heavy atom. The molecule has 1 aromatic heterocycles. The van der Waals surface area contributed by atoms with Crippen molar-refractivity contribution >= 4 is 22.3 Å². The monoisotopic (exact) mass is 342 g/mol. The van der Waals surface area contributed by atoms with Gasteiger partial charge in [0.05, 0.1) is 11.3 Å². The zero-order chi connectivity index (χ0) is 17.2. The normalized spacial score (nSPS) is 17.9. The van der Waals surface area contributed by atoms with E-state index in [-0.39, 0.29) is 5.56 Å².